The van der Waals surface area contributed by atoms with Crippen LogP contribution in [0, 0.1) is 0 Å². The summed E-state index contributed by atoms with van der Waals surface area (Å²) in [5.74, 6) is -0.0335. The Hall–Kier alpha value is -1.10. The zero-order chi connectivity index (χ0) is 13.4. The molecule has 0 saturated heterocycles. The number of hydrogen-bond donors (Lipinski definition) is 3. The third-order valence-corrected chi connectivity index (χ3v) is 4.34. The van der Waals surface area contributed by atoms with Crippen molar-refractivity contribution in [1.82, 2.24) is 10.6 Å². The van der Waals surface area contributed by atoms with E-state index < -0.39 is 0 Å². The lowest BCUT2D eigenvalue weighted by atomic mass is 10.1. The van der Waals surface area contributed by atoms with Crippen LogP contribution in [-0.2, 0) is 13.1 Å². The molecule has 1 amide bonds. The van der Waals surface area contributed by atoms with Crippen molar-refractivity contribution >= 4 is 17.5 Å². The SMILES string of the molecule is O=C1NCc2cc(Cl)c(CNC3CCCC3O)cc21. The minimum absolute atomic E-state index is 0.0335. The molecular formula is C14H17ClN2O2. The molecule has 3 N–H and O–H groups in total. The van der Waals surface area contributed by atoms with Gasteiger partial charge < -0.3 is 15.7 Å². The van der Waals surface area contributed by atoms with Crippen molar-refractivity contribution in [3.8, 4) is 0 Å². The van der Waals surface area contributed by atoms with E-state index in [0.717, 1.165) is 30.4 Å². The highest BCUT2D eigenvalue weighted by molar-refractivity contribution is 6.31. The van der Waals surface area contributed by atoms with E-state index in [9.17, 15) is 9.90 Å². The number of fused-ring (bicyclic) bond motifs is 1. The van der Waals surface area contributed by atoms with Crippen molar-refractivity contribution in [2.24, 2.45) is 0 Å². The van der Waals surface area contributed by atoms with Crippen molar-refractivity contribution in [3.05, 3.63) is 33.8 Å². The first-order valence-electron chi connectivity index (χ1n) is 6.66. The monoisotopic (exact) mass is 280 g/mol. The van der Waals surface area contributed by atoms with Gasteiger partial charge >= 0.3 is 0 Å². The lowest BCUT2D eigenvalue weighted by molar-refractivity contribution is 0.0965. The first kappa shape index (κ1) is 12.9. The summed E-state index contributed by atoms with van der Waals surface area (Å²) in [5, 5.41) is 16.6. The van der Waals surface area contributed by atoms with Gasteiger partial charge in [0.15, 0.2) is 0 Å². The standard InChI is InChI=1S/C14H17ClN2O2/c15-11-5-8-6-17-14(19)10(8)4-9(11)7-16-12-2-1-3-13(12)18/h4-5,12-13,16,18H,1-3,6-7H2,(H,17,19). The van der Waals surface area contributed by atoms with Crippen LogP contribution in [0.1, 0.15) is 40.7 Å². The molecule has 2 aliphatic rings. The Labute approximate surface area is 117 Å². The number of rotatable bonds is 3. The quantitative estimate of drug-likeness (QED) is 0.788. The van der Waals surface area contributed by atoms with E-state index in [1.165, 1.54) is 0 Å². The second-order valence-electron chi connectivity index (χ2n) is 5.27. The zero-order valence-corrected chi connectivity index (χ0v) is 11.3. The van der Waals surface area contributed by atoms with E-state index >= 15 is 0 Å². The van der Waals surface area contributed by atoms with Crippen LogP contribution in [0.15, 0.2) is 12.1 Å². The maximum absolute atomic E-state index is 11.6. The van der Waals surface area contributed by atoms with Crippen LogP contribution in [0.25, 0.3) is 0 Å². The highest BCUT2D eigenvalue weighted by atomic mass is 35.5. The molecule has 1 fully saturated rings. The summed E-state index contributed by atoms with van der Waals surface area (Å²) in [6.45, 7) is 1.14. The molecular weight excluding hydrogens is 264 g/mol. The fourth-order valence-electron chi connectivity index (χ4n) is 2.84. The Balaban J connectivity index is 1.74. The van der Waals surface area contributed by atoms with Gasteiger partial charge in [0, 0.05) is 29.7 Å². The van der Waals surface area contributed by atoms with E-state index in [1.807, 2.05) is 12.1 Å². The summed E-state index contributed by atoms with van der Waals surface area (Å²) in [5.41, 5.74) is 2.59. The van der Waals surface area contributed by atoms with Crippen LogP contribution in [0.2, 0.25) is 5.02 Å². The van der Waals surface area contributed by atoms with Gasteiger partial charge in [0.05, 0.1) is 6.10 Å². The maximum Gasteiger partial charge on any atom is 0.251 e. The molecule has 0 aromatic heterocycles. The largest absolute Gasteiger partial charge is 0.392 e. The molecule has 1 saturated carbocycles. The second-order valence-corrected chi connectivity index (χ2v) is 5.68. The van der Waals surface area contributed by atoms with Gasteiger partial charge in [-0.15, -0.1) is 0 Å². The average molecular weight is 281 g/mol. The number of amides is 1. The van der Waals surface area contributed by atoms with Crippen LogP contribution < -0.4 is 10.6 Å². The number of carbonyl (C=O) groups is 1. The van der Waals surface area contributed by atoms with Gasteiger partial charge in [-0.3, -0.25) is 4.79 Å². The molecule has 3 rings (SSSR count). The molecule has 4 nitrogen and oxygen atoms in total. The number of hydrogen-bond acceptors (Lipinski definition) is 3. The summed E-state index contributed by atoms with van der Waals surface area (Å²) in [6, 6.07) is 3.85. The van der Waals surface area contributed by atoms with E-state index in [2.05, 4.69) is 10.6 Å². The Bertz CT molecular complexity index is 518. The average Bonchev–Trinajstić information content (AvgIpc) is 2.94. The summed E-state index contributed by atoms with van der Waals surface area (Å²) in [4.78, 5) is 11.6. The smallest absolute Gasteiger partial charge is 0.251 e. The molecule has 19 heavy (non-hydrogen) atoms. The van der Waals surface area contributed by atoms with Gasteiger partial charge in [0.2, 0.25) is 0 Å². The molecule has 1 aromatic carbocycles. The Morgan fingerprint density at radius 2 is 2.26 bits per heavy atom. The molecule has 2 atom stereocenters. The van der Waals surface area contributed by atoms with Crippen LogP contribution in [0.4, 0.5) is 0 Å². The number of nitrogens with one attached hydrogen (secondary N) is 2. The van der Waals surface area contributed by atoms with Crippen molar-refractivity contribution < 1.29 is 9.90 Å². The van der Waals surface area contributed by atoms with Crippen molar-refractivity contribution in [2.75, 3.05) is 0 Å². The third-order valence-electron chi connectivity index (χ3n) is 3.99. The molecule has 1 heterocycles. The molecule has 0 spiro atoms. The number of benzene rings is 1. The van der Waals surface area contributed by atoms with E-state index in [-0.39, 0.29) is 18.1 Å². The Morgan fingerprint density at radius 1 is 1.42 bits per heavy atom. The second kappa shape index (κ2) is 5.12. The highest BCUT2D eigenvalue weighted by Crippen LogP contribution is 2.26. The van der Waals surface area contributed by atoms with Crippen molar-refractivity contribution in [3.63, 3.8) is 0 Å². The van der Waals surface area contributed by atoms with E-state index in [1.54, 1.807) is 0 Å². The fraction of sp³-hybridized carbons (Fsp3) is 0.500. The summed E-state index contributed by atoms with van der Waals surface area (Å²) >= 11 is 6.24. The molecule has 1 aliphatic heterocycles. The predicted octanol–water partition coefficient (Wildman–Crippen LogP) is 1.59. The van der Waals surface area contributed by atoms with Crippen LogP contribution in [0.3, 0.4) is 0 Å². The van der Waals surface area contributed by atoms with Gasteiger partial charge in [-0.25, -0.2) is 0 Å². The normalized spacial score (nSPS) is 25.5. The summed E-state index contributed by atoms with van der Waals surface area (Å²) < 4.78 is 0. The van der Waals surface area contributed by atoms with Crippen LogP contribution in [-0.4, -0.2) is 23.2 Å². The van der Waals surface area contributed by atoms with Gasteiger partial charge in [0.1, 0.15) is 0 Å². The lowest BCUT2D eigenvalue weighted by Gasteiger charge is -2.17. The van der Waals surface area contributed by atoms with Crippen molar-refractivity contribution in [1.29, 1.82) is 0 Å². The lowest BCUT2D eigenvalue weighted by Crippen LogP contribution is -2.35. The Morgan fingerprint density at radius 3 is 3.00 bits per heavy atom. The zero-order valence-electron chi connectivity index (χ0n) is 10.6. The molecule has 1 aliphatic carbocycles. The number of halogens is 1. The van der Waals surface area contributed by atoms with Crippen LogP contribution >= 0.6 is 11.6 Å². The van der Waals surface area contributed by atoms with Gasteiger partial charge in [-0.1, -0.05) is 11.6 Å². The van der Waals surface area contributed by atoms with Gasteiger partial charge in [-0.2, -0.15) is 0 Å². The van der Waals surface area contributed by atoms with Gasteiger partial charge in [-0.05, 0) is 42.5 Å². The topological polar surface area (TPSA) is 61.4 Å². The minimum atomic E-state index is -0.267. The Kier molecular flexibility index (Phi) is 3.48. The number of carbonyl (C=O) groups excluding carboxylic acids is 1. The first-order valence-corrected chi connectivity index (χ1v) is 7.04. The molecule has 0 bridgehead atoms. The summed E-state index contributed by atoms with van der Waals surface area (Å²) in [6.07, 6.45) is 2.64. The molecule has 0 radical (unpaired) electrons. The minimum Gasteiger partial charge on any atom is -0.392 e. The van der Waals surface area contributed by atoms with Crippen LogP contribution in [0.5, 0.6) is 0 Å². The fourth-order valence-corrected chi connectivity index (χ4v) is 3.10. The van der Waals surface area contributed by atoms with Crippen molar-refractivity contribution in [2.45, 2.75) is 44.5 Å². The van der Waals surface area contributed by atoms with Gasteiger partial charge in [0.25, 0.3) is 5.91 Å². The third kappa shape index (κ3) is 2.48. The summed E-state index contributed by atoms with van der Waals surface area (Å²) in [7, 11) is 0. The number of aliphatic hydroxyl groups is 1. The predicted molar refractivity (Wildman–Crippen MR) is 73.1 cm³/mol. The molecule has 5 heteroatoms. The number of aliphatic hydroxyl groups excluding tert-OH is 1. The van der Waals surface area contributed by atoms with E-state index in [4.69, 9.17) is 11.6 Å². The maximum atomic E-state index is 11.6. The molecule has 102 valence electrons. The molecule has 2 unspecified atom stereocenters. The highest BCUT2D eigenvalue weighted by Gasteiger charge is 2.25. The first-order chi connectivity index (χ1) is 9.15. The van der Waals surface area contributed by atoms with E-state index in [0.29, 0.717) is 23.7 Å². The molecule has 1 aromatic rings.